The molecule has 0 saturated heterocycles. The molecule has 3 aromatic rings. The predicted molar refractivity (Wildman–Crippen MR) is 147 cm³/mol. The fourth-order valence-corrected chi connectivity index (χ4v) is 3.49. The van der Waals surface area contributed by atoms with Gasteiger partial charge in [-0.3, -0.25) is 9.59 Å². The number of carbonyl (C=O) groups is 3. The summed E-state index contributed by atoms with van der Waals surface area (Å²) in [6.45, 7) is 8.81. The Labute approximate surface area is 223 Å². The Morgan fingerprint density at radius 1 is 0.816 bits per heavy atom. The van der Waals surface area contributed by atoms with E-state index in [1.165, 1.54) is 29.8 Å². The molecule has 38 heavy (non-hydrogen) atoms. The Kier molecular flexibility index (Phi) is 9.87. The number of carbonyl (C=O) groups excluding carboxylic acids is 3. The van der Waals surface area contributed by atoms with Crippen LogP contribution in [-0.4, -0.2) is 31.2 Å². The normalized spacial score (nSPS) is 10.8. The van der Waals surface area contributed by atoms with E-state index in [1.54, 1.807) is 31.2 Å². The zero-order valence-electron chi connectivity index (χ0n) is 22.2. The van der Waals surface area contributed by atoms with E-state index in [9.17, 15) is 14.4 Å². The minimum Gasteiger partial charge on any atom is -0.494 e. The molecule has 0 aliphatic heterocycles. The van der Waals surface area contributed by atoms with Gasteiger partial charge >= 0.3 is 6.16 Å². The van der Waals surface area contributed by atoms with Crippen LogP contribution in [0.2, 0.25) is 0 Å². The van der Waals surface area contributed by atoms with E-state index in [0.29, 0.717) is 36.4 Å². The summed E-state index contributed by atoms with van der Waals surface area (Å²) in [6, 6.07) is 21.0. The van der Waals surface area contributed by atoms with E-state index >= 15 is 0 Å². The lowest BCUT2D eigenvalue weighted by molar-refractivity contribution is -0.116. The molecule has 2 N–H and O–H groups in total. The van der Waals surface area contributed by atoms with Gasteiger partial charge in [-0.1, -0.05) is 39.0 Å². The molecule has 0 saturated carbocycles. The Morgan fingerprint density at radius 3 is 2.08 bits per heavy atom. The van der Waals surface area contributed by atoms with Crippen molar-refractivity contribution >= 4 is 29.3 Å². The van der Waals surface area contributed by atoms with Crippen molar-refractivity contribution in [3.8, 4) is 11.5 Å². The van der Waals surface area contributed by atoms with Crippen LogP contribution in [-0.2, 0) is 14.9 Å². The van der Waals surface area contributed by atoms with Crippen molar-refractivity contribution in [2.75, 3.05) is 23.8 Å². The smallest absolute Gasteiger partial charge is 0.494 e. The van der Waals surface area contributed by atoms with Crippen molar-refractivity contribution in [1.29, 1.82) is 0 Å². The zero-order chi connectivity index (χ0) is 27.5. The van der Waals surface area contributed by atoms with E-state index in [0.717, 1.165) is 5.75 Å². The highest BCUT2D eigenvalue weighted by molar-refractivity contribution is 6.04. The van der Waals surface area contributed by atoms with Crippen LogP contribution in [0.3, 0.4) is 0 Å². The van der Waals surface area contributed by atoms with Gasteiger partial charge in [-0.2, -0.15) is 0 Å². The van der Waals surface area contributed by atoms with Crippen LogP contribution in [0.5, 0.6) is 11.5 Å². The number of ether oxygens (including phenoxy) is 3. The number of benzene rings is 3. The number of rotatable bonds is 10. The Bertz CT molecular complexity index is 1230. The quantitative estimate of drug-likeness (QED) is 0.179. The third-order valence-corrected chi connectivity index (χ3v) is 5.52. The topological polar surface area (TPSA) is 103 Å². The average Bonchev–Trinajstić information content (AvgIpc) is 2.87. The molecule has 0 atom stereocenters. The second-order valence-corrected chi connectivity index (χ2v) is 9.62. The Morgan fingerprint density at radius 2 is 1.45 bits per heavy atom. The highest BCUT2D eigenvalue weighted by Gasteiger charge is 2.13. The Balaban J connectivity index is 1.44. The van der Waals surface area contributed by atoms with Gasteiger partial charge < -0.3 is 24.8 Å². The predicted octanol–water partition coefficient (Wildman–Crippen LogP) is 6.57. The molecule has 0 fully saturated rings. The lowest BCUT2D eigenvalue weighted by Crippen LogP contribution is -2.14. The van der Waals surface area contributed by atoms with E-state index in [2.05, 4.69) is 43.5 Å². The van der Waals surface area contributed by atoms with Gasteiger partial charge in [0.2, 0.25) is 5.91 Å². The van der Waals surface area contributed by atoms with Gasteiger partial charge in [0, 0.05) is 23.4 Å². The monoisotopic (exact) mass is 518 g/mol. The molecule has 0 aromatic heterocycles. The van der Waals surface area contributed by atoms with Gasteiger partial charge in [0.1, 0.15) is 11.5 Å². The molecule has 2 amide bonds. The maximum absolute atomic E-state index is 12.6. The van der Waals surface area contributed by atoms with E-state index in [4.69, 9.17) is 14.2 Å². The van der Waals surface area contributed by atoms with E-state index < -0.39 is 6.16 Å². The molecule has 3 rings (SSSR count). The molecule has 0 heterocycles. The summed E-state index contributed by atoms with van der Waals surface area (Å²) in [6.07, 6.45) is 0.0674. The van der Waals surface area contributed by atoms with Crippen LogP contribution in [0.15, 0.2) is 72.8 Å². The summed E-state index contributed by atoms with van der Waals surface area (Å²) in [5, 5.41) is 5.64. The maximum atomic E-state index is 12.6. The van der Waals surface area contributed by atoms with Crippen molar-refractivity contribution in [3.63, 3.8) is 0 Å². The van der Waals surface area contributed by atoms with Crippen molar-refractivity contribution in [2.24, 2.45) is 0 Å². The average molecular weight is 519 g/mol. The van der Waals surface area contributed by atoms with Gasteiger partial charge in [-0.05, 0) is 78.9 Å². The fraction of sp³-hybridized carbons (Fsp3) is 0.300. The van der Waals surface area contributed by atoms with Gasteiger partial charge in [0.05, 0.1) is 13.2 Å². The molecular weight excluding hydrogens is 484 g/mol. The highest BCUT2D eigenvalue weighted by Crippen LogP contribution is 2.24. The second kappa shape index (κ2) is 13.3. The van der Waals surface area contributed by atoms with Crippen LogP contribution < -0.4 is 20.1 Å². The number of amides is 2. The van der Waals surface area contributed by atoms with Crippen molar-refractivity contribution in [2.45, 2.75) is 46.0 Å². The van der Waals surface area contributed by atoms with Crippen LogP contribution >= 0.6 is 0 Å². The molecular formula is C30H34N2O6. The molecule has 0 spiro atoms. The minimum absolute atomic E-state index is 0.0875. The Hall–Kier alpha value is -4.33. The summed E-state index contributed by atoms with van der Waals surface area (Å²) in [5.41, 5.74) is 2.81. The summed E-state index contributed by atoms with van der Waals surface area (Å²) in [4.78, 5) is 36.4. The first kappa shape index (κ1) is 28.2. The van der Waals surface area contributed by atoms with Crippen LogP contribution in [0.1, 0.15) is 56.5 Å². The van der Waals surface area contributed by atoms with Gasteiger partial charge in [0.15, 0.2) is 0 Å². The number of anilines is 2. The molecule has 3 aromatic carbocycles. The molecule has 0 aliphatic carbocycles. The highest BCUT2D eigenvalue weighted by atomic mass is 16.7. The SMILES string of the molecule is CCOC(=O)Oc1ccc(C(=O)Nc2cccc(NC(=O)CCCOc3ccc(C(C)(C)C)cc3)c2)cc1. The third-order valence-electron chi connectivity index (χ3n) is 5.52. The minimum atomic E-state index is -0.804. The van der Waals surface area contributed by atoms with Gasteiger partial charge in [-0.15, -0.1) is 0 Å². The van der Waals surface area contributed by atoms with Gasteiger partial charge in [0.25, 0.3) is 5.91 Å². The lowest BCUT2D eigenvalue weighted by atomic mass is 9.87. The third kappa shape index (κ3) is 8.96. The molecule has 200 valence electrons. The van der Waals surface area contributed by atoms with Crippen molar-refractivity contribution < 1.29 is 28.6 Å². The summed E-state index contributed by atoms with van der Waals surface area (Å²) in [7, 11) is 0. The molecule has 0 bridgehead atoms. The fourth-order valence-electron chi connectivity index (χ4n) is 3.49. The number of hydrogen-bond donors (Lipinski definition) is 2. The second-order valence-electron chi connectivity index (χ2n) is 9.62. The van der Waals surface area contributed by atoms with Gasteiger partial charge in [-0.25, -0.2) is 4.79 Å². The molecule has 0 radical (unpaired) electrons. The summed E-state index contributed by atoms with van der Waals surface area (Å²) < 4.78 is 15.5. The lowest BCUT2D eigenvalue weighted by Gasteiger charge is -2.19. The molecule has 0 unspecified atom stereocenters. The van der Waals surface area contributed by atoms with Crippen LogP contribution in [0.4, 0.5) is 16.2 Å². The van der Waals surface area contributed by atoms with Crippen molar-refractivity contribution in [3.05, 3.63) is 83.9 Å². The molecule has 8 heteroatoms. The first-order valence-electron chi connectivity index (χ1n) is 12.5. The maximum Gasteiger partial charge on any atom is 0.513 e. The summed E-state index contributed by atoms with van der Waals surface area (Å²) >= 11 is 0. The number of hydrogen-bond acceptors (Lipinski definition) is 6. The molecule has 0 aliphatic rings. The first-order chi connectivity index (χ1) is 18.1. The standard InChI is InChI=1S/C30H34N2O6/c1-5-36-29(35)38-26-15-11-21(12-16-26)28(34)32-24-9-6-8-23(20-24)31-27(33)10-7-19-37-25-17-13-22(14-18-25)30(2,3)4/h6,8-9,11-18,20H,5,7,10,19H2,1-4H3,(H,31,33)(H,32,34). The van der Waals surface area contributed by atoms with Crippen molar-refractivity contribution in [1.82, 2.24) is 0 Å². The van der Waals surface area contributed by atoms with Crippen LogP contribution in [0.25, 0.3) is 0 Å². The van der Waals surface area contributed by atoms with Crippen LogP contribution in [0, 0.1) is 0 Å². The summed E-state index contributed by atoms with van der Waals surface area (Å²) in [5.74, 6) is 0.567. The van der Waals surface area contributed by atoms with E-state index in [-0.39, 0.29) is 29.6 Å². The largest absolute Gasteiger partial charge is 0.513 e. The zero-order valence-corrected chi connectivity index (χ0v) is 22.2. The number of nitrogens with one attached hydrogen (secondary N) is 2. The molecule has 8 nitrogen and oxygen atoms in total. The first-order valence-corrected chi connectivity index (χ1v) is 12.5. The van der Waals surface area contributed by atoms with E-state index in [1.807, 2.05) is 12.1 Å².